The van der Waals surface area contributed by atoms with Gasteiger partial charge in [0.2, 0.25) is 0 Å². The maximum Gasteiger partial charge on any atom is 0.513 e. The summed E-state index contributed by atoms with van der Waals surface area (Å²) < 4.78 is 134. The van der Waals surface area contributed by atoms with Crippen LogP contribution in [-0.4, -0.2) is 36.4 Å². The van der Waals surface area contributed by atoms with Crippen molar-refractivity contribution in [2.24, 2.45) is 0 Å². The molecule has 228 valence electrons. The van der Waals surface area contributed by atoms with Crippen molar-refractivity contribution in [1.82, 2.24) is 0 Å². The van der Waals surface area contributed by atoms with Gasteiger partial charge in [-0.05, 0) is 62.7 Å². The molecule has 0 aliphatic carbocycles. The second-order valence-electron chi connectivity index (χ2n) is 9.00. The molecule has 2 N–H and O–H groups in total. The third-order valence-electron chi connectivity index (χ3n) is 4.41. The van der Waals surface area contributed by atoms with Crippen LogP contribution in [0.15, 0.2) is 36.4 Å². The molecular formula is C24H21F10NO6. The zero-order chi connectivity index (χ0) is 32.0. The molecule has 0 spiro atoms. The van der Waals surface area contributed by atoms with E-state index in [0.717, 1.165) is 18.2 Å². The number of ether oxygens (including phenoxy) is 2. The summed E-state index contributed by atoms with van der Waals surface area (Å²) in [6.45, 7) is 5.06. The number of carbonyl (C=O) groups excluding carboxylic acids is 3. The minimum atomic E-state index is -5.19. The standard InChI is InChI=1S/C22H20F7NO4.C2HF3O2/c1-20(2,3)34-19(32)30-7-6-12-10-16(4-5-17(12)23)33-18(31)13-8-14(21(24,25)26)11-15(9-13)22(27,28)29;3-2(4,5)1(6)7/h4-5,8-11H,6-7H2,1-3H3,(H,30,32);(H,6,7). The number of esters is 1. The molecule has 7 nitrogen and oxygen atoms in total. The topological polar surface area (TPSA) is 109 Å². The number of rotatable bonds is 5. The van der Waals surface area contributed by atoms with E-state index in [1.807, 2.05) is 0 Å². The number of quaternary nitrogens is 1. The first-order chi connectivity index (χ1) is 18.4. The molecule has 17 heteroatoms. The van der Waals surface area contributed by atoms with Gasteiger partial charge < -0.3 is 19.4 Å². The van der Waals surface area contributed by atoms with Crippen LogP contribution in [0.2, 0.25) is 0 Å². The van der Waals surface area contributed by atoms with Crippen molar-refractivity contribution in [2.75, 3.05) is 6.54 Å². The van der Waals surface area contributed by atoms with Gasteiger partial charge in [0.05, 0.1) is 23.2 Å². The fourth-order valence-corrected chi connectivity index (χ4v) is 2.73. The number of carboxylic acids is 1. The lowest BCUT2D eigenvalue weighted by Crippen LogP contribution is -2.89. The normalized spacial score (nSPS) is 12.2. The third-order valence-corrected chi connectivity index (χ3v) is 4.41. The summed E-state index contributed by atoms with van der Waals surface area (Å²) in [6.07, 6.45) is -16.1. The van der Waals surface area contributed by atoms with Crippen LogP contribution < -0.4 is 15.2 Å². The molecular weight excluding hydrogens is 588 g/mol. The van der Waals surface area contributed by atoms with Gasteiger partial charge in [0, 0.05) is 6.42 Å². The molecule has 2 aromatic rings. The number of primary amides is 1. The Morgan fingerprint density at radius 2 is 1.32 bits per heavy atom. The lowest BCUT2D eigenvalue weighted by atomic mass is 10.0. The summed E-state index contributed by atoms with van der Waals surface area (Å²) in [5, 5.41) is 9.97. The fraction of sp³-hybridized carbons (Fsp3) is 0.375. The summed E-state index contributed by atoms with van der Waals surface area (Å²) in [6, 6.07) is 3.32. The van der Waals surface area contributed by atoms with Crippen molar-refractivity contribution >= 4 is 18.0 Å². The number of hydrogen-bond acceptors (Lipinski definition) is 6. The summed E-state index contributed by atoms with van der Waals surface area (Å²) in [5.74, 6) is -5.51. The Morgan fingerprint density at radius 3 is 1.73 bits per heavy atom. The number of alkyl halides is 9. The molecule has 0 saturated heterocycles. The van der Waals surface area contributed by atoms with E-state index in [-0.39, 0.29) is 42.5 Å². The molecule has 0 fully saturated rings. The van der Waals surface area contributed by atoms with Gasteiger partial charge in [0.15, 0.2) is 0 Å². The average Bonchev–Trinajstić information content (AvgIpc) is 2.78. The van der Waals surface area contributed by atoms with Crippen molar-refractivity contribution in [1.29, 1.82) is 0 Å². The Hall–Kier alpha value is -3.89. The molecule has 2 aromatic carbocycles. The second kappa shape index (κ2) is 13.2. The highest BCUT2D eigenvalue weighted by atomic mass is 19.4. The van der Waals surface area contributed by atoms with Gasteiger partial charge in [-0.15, -0.1) is 0 Å². The molecule has 0 aromatic heterocycles. The number of benzene rings is 2. The lowest BCUT2D eigenvalue weighted by Gasteiger charge is -2.17. The quantitative estimate of drug-likeness (QED) is 0.306. The summed E-state index contributed by atoms with van der Waals surface area (Å²) in [5.41, 5.74) is -5.04. The number of nitrogens with two attached hydrogens (primary N) is 1. The second-order valence-corrected chi connectivity index (χ2v) is 9.00. The maximum absolute atomic E-state index is 14.1. The van der Waals surface area contributed by atoms with E-state index in [9.17, 15) is 53.5 Å². The van der Waals surface area contributed by atoms with Crippen LogP contribution in [0.1, 0.15) is 47.8 Å². The van der Waals surface area contributed by atoms with Crippen LogP contribution >= 0.6 is 0 Å². The van der Waals surface area contributed by atoms with Crippen LogP contribution in [0.5, 0.6) is 5.75 Å². The van der Waals surface area contributed by atoms with Crippen molar-refractivity contribution < 1.29 is 78.2 Å². The summed E-state index contributed by atoms with van der Waals surface area (Å²) in [7, 11) is 0. The molecule has 1 amide bonds. The molecule has 0 atom stereocenters. The molecule has 0 heterocycles. The largest absolute Gasteiger partial charge is 0.542 e. The zero-order valence-electron chi connectivity index (χ0n) is 21.2. The molecule has 0 aliphatic heterocycles. The maximum atomic E-state index is 14.1. The van der Waals surface area contributed by atoms with Crippen molar-refractivity contribution in [3.8, 4) is 5.75 Å². The number of carboxylic acid groups (broad SMARTS) is 1. The molecule has 0 bridgehead atoms. The highest BCUT2D eigenvalue weighted by Crippen LogP contribution is 2.36. The fourth-order valence-electron chi connectivity index (χ4n) is 2.73. The highest BCUT2D eigenvalue weighted by molar-refractivity contribution is 5.91. The Kier molecular flexibility index (Phi) is 11.3. The van der Waals surface area contributed by atoms with Gasteiger partial charge in [0.25, 0.3) is 0 Å². The molecule has 0 saturated carbocycles. The van der Waals surface area contributed by atoms with Crippen molar-refractivity contribution in [3.05, 3.63) is 64.5 Å². The van der Waals surface area contributed by atoms with Crippen LogP contribution in [0.25, 0.3) is 0 Å². The smallest absolute Gasteiger partial charge is 0.513 e. The molecule has 2 rings (SSSR count). The first-order valence-corrected chi connectivity index (χ1v) is 11.0. The predicted molar refractivity (Wildman–Crippen MR) is 116 cm³/mol. The van der Waals surface area contributed by atoms with E-state index >= 15 is 0 Å². The highest BCUT2D eigenvalue weighted by Gasteiger charge is 2.37. The Bertz CT molecular complexity index is 1220. The minimum Gasteiger partial charge on any atom is -0.542 e. The Morgan fingerprint density at radius 1 is 0.829 bits per heavy atom. The average molecular weight is 609 g/mol. The van der Waals surface area contributed by atoms with Crippen LogP contribution in [0.3, 0.4) is 0 Å². The Balaban J connectivity index is 0.00000106. The monoisotopic (exact) mass is 609 g/mol. The number of halogens is 10. The summed E-state index contributed by atoms with van der Waals surface area (Å²) >= 11 is 0. The molecule has 41 heavy (non-hydrogen) atoms. The van der Waals surface area contributed by atoms with E-state index in [0.29, 0.717) is 0 Å². The van der Waals surface area contributed by atoms with E-state index in [1.54, 1.807) is 20.8 Å². The minimum absolute atomic E-state index is 0.00475. The van der Waals surface area contributed by atoms with Crippen molar-refractivity contribution in [2.45, 2.75) is 51.3 Å². The van der Waals surface area contributed by atoms with Crippen molar-refractivity contribution in [3.63, 3.8) is 0 Å². The number of amides is 1. The first-order valence-electron chi connectivity index (χ1n) is 11.0. The number of aliphatic carboxylic acids is 1. The van der Waals surface area contributed by atoms with E-state index in [2.05, 4.69) is 0 Å². The number of carbonyl (C=O) groups is 3. The van der Waals surface area contributed by atoms with E-state index < -0.39 is 64.7 Å². The Labute approximate surface area is 225 Å². The van der Waals surface area contributed by atoms with Gasteiger partial charge in [-0.1, -0.05) is 0 Å². The summed E-state index contributed by atoms with van der Waals surface area (Å²) in [4.78, 5) is 32.8. The van der Waals surface area contributed by atoms with Crippen LogP contribution in [0, 0.1) is 5.82 Å². The van der Waals surface area contributed by atoms with Crippen LogP contribution in [0.4, 0.5) is 48.7 Å². The van der Waals surface area contributed by atoms with Gasteiger partial charge in [-0.2, -0.15) is 44.3 Å². The lowest BCUT2D eigenvalue weighted by molar-refractivity contribution is -0.572. The van der Waals surface area contributed by atoms with Gasteiger partial charge in [0.1, 0.15) is 23.1 Å². The first kappa shape index (κ1) is 35.1. The van der Waals surface area contributed by atoms with Gasteiger partial charge >= 0.3 is 30.6 Å². The number of hydrogen-bond donors (Lipinski definition) is 1. The molecule has 0 unspecified atom stereocenters. The third kappa shape index (κ3) is 12.4. The molecule has 0 aliphatic rings. The predicted octanol–water partition coefficient (Wildman–Crippen LogP) is 4.42. The van der Waals surface area contributed by atoms with Crippen LogP contribution in [-0.2, 0) is 28.3 Å². The SMILES string of the molecule is CC(C)(C)OC(=O)[NH2+]CCc1cc(OC(=O)c2cc(C(F)(F)F)cc(C(F)(F)F)c2)ccc1F.O=C([O-])C(F)(F)F. The zero-order valence-corrected chi connectivity index (χ0v) is 21.2. The van der Waals surface area contributed by atoms with Gasteiger partial charge in [-0.3, -0.25) is 0 Å². The van der Waals surface area contributed by atoms with E-state index in [4.69, 9.17) is 19.4 Å². The molecule has 0 radical (unpaired) electrons. The van der Waals surface area contributed by atoms with Gasteiger partial charge in [-0.25, -0.2) is 14.5 Å². The van der Waals surface area contributed by atoms with E-state index in [1.165, 1.54) is 5.32 Å².